The Morgan fingerprint density at radius 2 is 1.57 bits per heavy atom. The van der Waals surface area contributed by atoms with Crippen LogP contribution in [0.3, 0.4) is 0 Å². The maximum Gasteiger partial charge on any atom is 0.191 e. The average Bonchev–Trinajstić information content (AvgIpc) is 2.75. The number of nitrogens with zero attached hydrogens (tertiary/aromatic N) is 3. The first-order chi connectivity index (χ1) is 14.2. The van der Waals surface area contributed by atoms with Crippen LogP contribution in [0.2, 0.25) is 0 Å². The largest absolute Gasteiger partial charge is 0.354 e. The Kier molecular flexibility index (Phi) is 11.5. The van der Waals surface area contributed by atoms with E-state index in [0.29, 0.717) is 6.04 Å². The van der Waals surface area contributed by atoms with Gasteiger partial charge >= 0.3 is 0 Å². The summed E-state index contributed by atoms with van der Waals surface area (Å²) in [5, 5.41) is 7.10. The highest BCUT2D eigenvalue weighted by molar-refractivity contribution is 14.0. The normalized spacial score (nSPS) is 20.0. The number of piperidine rings is 2. The number of aliphatic imine (C=N–C) groups is 1. The SMILES string of the molecule is CCCN1CCC(NC(=NC)NCc2ccc(CN3CCC(C)CC3)cc2)CC1.I. The van der Waals surface area contributed by atoms with Gasteiger partial charge in [-0.05, 0) is 68.8 Å². The van der Waals surface area contributed by atoms with Gasteiger partial charge < -0.3 is 15.5 Å². The lowest BCUT2D eigenvalue weighted by atomic mass is 9.99. The van der Waals surface area contributed by atoms with Crippen LogP contribution in [-0.2, 0) is 13.1 Å². The Balaban J connectivity index is 0.00000320. The number of rotatable bonds is 7. The second-order valence-electron chi connectivity index (χ2n) is 8.96. The molecule has 170 valence electrons. The predicted molar refractivity (Wildman–Crippen MR) is 139 cm³/mol. The summed E-state index contributed by atoms with van der Waals surface area (Å²) in [5.41, 5.74) is 2.73. The molecule has 0 amide bonds. The molecule has 2 N–H and O–H groups in total. The molecule has 0 unspecified atom stereocenters. The van der Waals surface area contributed by atoms with Gasteiger partial charge in [0.1, 0.15) is 0 Å². The number of nitrogens with one attached hydrogen (secondary N) is 2. The van der Waals surface area contributed by atoms with E-state index in [4.69, 9.17) is 0 Å². The Morgan fingerprint density at radius 1 is 0.967 bits per heavy atom. The first kappa shape index (κ1) is 25.4. The third-order valence-electron chi connectivity index (χ3n) is 6.46. The molecule has 0 atom stereocenters. The molecule has 2 aliphatic heterocycles. The van der Waals surface area contributed by atoms with Gasteiger partial charge in [0, 0.05) is 39.3 Å². The van der Waals surface area contributed by atoms with Crippen LogP contribution in [0.4, 0.5) is 0 Å². The summed E-state index contributed by atoms with van der Waals surface area (Å²) in [5.74, 6) is 1.82. The molecule has 1 aromatic carbocycles. The first-order valence-corrected chi connectivity index (χ1v) is 11.7. The zero-order valence-electron chi connectivity index (χ0n) is 19.2. The second kappa shape index (κ2) is 13.5. The fourth-order valence-electron chi connectivity index (χ4n) is 4.43. The first-order valence-electron chi connectivity index (χ1n) is 11.7. The maximum absolute atomic E-state index is 4.43. The third-order valence-corrected chi connectivity index (χ3v) is 6.46. The molecule has 0 spiro atoms. The number of hydrogen-bond acceptors (Lipinski definition) is 3. The minimum Gasteiger partial charge on any atom is -0.354 e. The monoisotopic (exact) mass is 527 g/mol. The molecular weight excluding hydrogens is 485 g/mol. The van der Waals surface area contributed by atoms with Crippen molar-refractivity contribution in [1.82, 2.24) is 20.4 Å². The van der Waals surface area contributed by atoms with E-state index < -0.39 is 0 Å². The van der Waals surface area contributed by atoms with Gasteiger partial charge in [-0.3, -0.25) is 9.89 Å². The topological polar surface area (TPSA) is 42.9 Å². The lowest BCUT2D eigenvalue weighted by Crippen LogP contribution is -2.48. The highest BCUT2D eigenvalue weighted by Crippen LogP contribution is 2.18. The molecule has 2 saturated heterocycles. The quantitative estimate of drug-likeness (QED) is 0.319. The van der Waals surface area contributed by atoms with Gasteiger partial charge in [0.15, 0.2) is 5.96 Å². The van der Waals surface area contributed by atoms with Gasteiger partial charge in [-0.2, -0.15) is 0 Å². The highest BCUT2D eigenvalue weighted by Gasteiger charge is 2.19. The molecular formula is C24H42IN5. The van der Waals surface area contributed by atoms with Crippen molar-refractivity contribution in [1.29, 1.82) is 0 Å². The molecule has 0 aromatic heterocycles. The van der Waals surface area contributed by atoms with Gasteiger partial charge in [0.25, 0.3) is 0 Å². The van der Waals surface area contributed by atoms with Crippen LogP contribution in [0.25, 0.3) is 0 Å². The second-order valence-corrected chi connectivity index (χ2v) is 8.96. The molecule has 5 nitrogen and oxygen atoms in total. The van der Waals surface area contributed by atoms with E-state index in [-0.39, 0.29) is 24.0 Å². The van der Waals surface area contributed by atoms with Crippen LogP contribution in [0.15, 0.2) is 29.3 Å². The summed E-state index contributed by atoms with van der Waals surface area (Å²) >= 11 is 0. The third kappa shape index (κ3) is 8.35. The summed E-state index contributed by atoms with van der Waals surface area (Å²) in [6, 6.07) is 9.61. The Hall–Kier alpha value is -0.860. The maximum atomic E-state index is 4.43. The van der Waals surface area contributed by atoms with Gasteiger partial charge in [-0.1, -0.05) is 38.1 Å². The molecule has 0 saturated carbocycles. The van der Waals surface area contributed by atoms with E-state index in [1.54, 1.807) is 0 Å². The molecule has 2 fully saturated rings. The van der Waals surface area contributed by atoms with Gasteiger partial charge in [-0.15, -0.1) is 24.0 Å². The number of guanidine groups is 1. The number of halogens is 1. The standard InChI is InChI=1S/C24H41N5.HI/c1-4-13-28-16-11-23(12-17-28)27-24(25-3)26-18-21-5-7-22(8-6-21)19-29-14-9-20(2)10-15-29;/h5-8,20,23H,4,9-19H2,1-3H3,(H2,25,26,27);1H. The highest BCUT2D eigenvalue weighted by atomic mass is 127. The summed E-state index contributed by atoms with van der Waals surface area (Å²) in [7, 11) is 1.87. The van der Waals surface area contributed by atoms with Crippen molar-refractivity contribution >= 4 is 29.9 Å². The van der Waals surface area contributed by atoms with Gasteiger partial charge in [0.2, 0.25) is 0 Å². The van der Waals surface area contributed by atoms with Crippen molar-refractivity contribution in [2.24, 2.45) is 10.9 Å². The fraction of sp³-hybridized carbons (Fsp3) is 0.708. The lowest BCUT2D eigenvalue weighted by Gasteiger charge is -2.32. The van der Waals surface area contributed by atoms with Crippen molar-refractivity contribution < 1.29 is 0 Å². The van der Waals surface area contributed by atoms with E-state index in [1.807, 2.05) is 7.05 Å². The molecule has 3 rings (SSSR count). The Labute approximate surface area is 201 Å². The molecule has 2 aliphatic rings. The van der Waals surface area contributed by atoms with E-state index in [0.717, 1.165) is 25.0 Å². The van der Waals surface area contributed by atoms with E-state index >= 15 is 0 Å². The van der Waals surface area contributed by atoms with E-state index in [2.05, 4.69) is 63.5 Å². The molecule has 2 heterocycles. The lowest BCUT2D eigenvalue weighted by molar-refractivity contribution is 0.185. The zero-order valence-corrected chi connectivity index (χ0v) is 21.5. The van der Waals surface area contributed by atoms with Crippen molar-refractivity contribution in [3.63, 3.8) is 0 Å². The van der Waals surface area contributed by atoms with Crippen LogP contribution in [-0.4, -0.2) is 61.6 Å². The summed E-state index contributed by atoms with van der Waals surface area (Å²) < 4.78 is 0. The number of benzene rings is 1. The average molecular weight is 528 g/mol. The Morgan fingerprint density at radius 3 is 2.17 bits per heavy atom. The zero-order chi connectivity index (χ0) is 20.5. The predicted octanol–water partition coefficient (Wildman–Crippen LogP) is 4.08. The summed E-state index contributed by atoms with van der Waals surface area (Å²) in [6.07, 6.45) is 6.32. The molecule has 1 aromatic rings. The van der Waals surface area contributed by atoms with Crippen LogP contribution in [0.1, 0.15) is 57.1 Å². The van der Waals surface area contributed by atoms with Crippen molar-refractivity contribution in [2.45, 2.75) is 65.1 Å². The fourth-order valence-corrected chi connectivity index (χ4v) is 4.43. The molecule has 0 bridgehead atoms. The van der Waals surface area contributed by atoms with Gasteiger partial charge in [0.05, 0.1) is 0 Å². The van der Waals surface area contributed by atoms with E-state index in [9.17, 15) is 0 Å². The van der Waals surface area contributed by atoms with Crippen LogP contribution >= 0.6 is 24.0 Å². The van der Waals surface area contributed by atoms with Crippen LogP contribution in [0, 0.1) is 5.92 Å². The molecule has 30 heavy (non-hydrogen) atoms. The number of likely N-dealkylation sites (tertiary alicyclic amines) is 2. The minimum absolute atomic E-state index is 0. The van der Waals surface area contributed by atoms with Gasteiger partial charge in [-0.25, -0.2) is 0 Å². The van der Waals surface area contributed by atoms with Crippen LogP contribution < -0.4 is 10.6 Å². The van der Waals surface area contributed by atoms with E-state index in [1.165, 1.54) is 76.0 Å². The van der Waals surface area contributed by atoms with Crippen molar-refractivity contribution in [3.05, 3.63) is 35.4 Å². The molecule has 0 aliphatic carbocycles. The summed E-state index contributed by atoms with van der Waals surface area (Å²) in [6.45, 7) is 12.6. The molecule has 6 heteroatoms. The number of hydrogen-bond donors (Lipinski definition) is 2. The smallest absolute Gasteiger partial charge is 0.191 e. The van der Waals surface area contributed by atoms with Crippen molar-refractivity contribution in [2.75, 3.05) is 39.8 Å². The Bertz CT molecular complexity index is 617. The van der Waals surface area contributed by atoms with Crippen LogP contribution in [0.5, 0.6) is 0 Å². The molecule has 0 radical (unpaired) electrons. The minimum atomic E-state index is 0. The summed E-state index contributed by atoms with van der Waals surface area (Å²) in [4.78, 5) is 9.59. The van der Waals surface area contributed by atoms with Crippen molar-refractivity contribution in [3.8, 4) is 0 Å².